The van der Waals surface area contributed by atoms with E-state index in [4.69, 9.17) is 9.84 Å². The van der Waals surface area contributed by atoms with E-state index in [9.17, 15) is 4.79 Å². The second kappa shape index (κ2) is 5.39. The minimum Gasteiger partial charge on any atom is -0.479 e. The molecular formula is C12H16O3. The average Bonchev–Trinajstić information content (AvgIpc) is 2.25. The molecule has 0 heterocycles. The maximum atomic E-state index is 10.8. The van der Waals surface area contributed by atoms with E-state index >= 15 is 0 Å². The predicted molar refractivity (Wildman–Crippen MR) is 58.2 cm³/mol. The van der Waals surface area contributed by atoms with Crippen molar-refractivity contribution in [2.75, 3.05) is 0 Å². The van der Waals surface area contributed by atoms with Gasteiger partial charge in [-0.25, -0.2) is 4.79 Å². The van der Waals surface area contributed by atoms with Crippen LogP contribution in [0.3, 0.4) is 0 Å². The molecule has 1 rings (SSSR count). The normalized spacial score (nSPS) is 12.1. The second-order valence-electron chi connectivity index (χ2n) is 3.35. The Balaban J connectivity index is 2.74. The van der Waals surface area contributed by atoms with Gasteiger partial charge in [-0.15, -0.1) is 0 Å². The van der Waals surface area contributed by atoms with Gasteiger partial charge < -0.3 is 9.84 Å². The third-order valence-electron chi connectivity index (χ3n) is 2.23. The molecule has 0 unspecified atom stereocenters. The lowest BCUT2D eigenvalue weighted by Crippen LogP contribution is -2.25. The highest BCUT2D eigenvalue weighted by atomic mass is 16.5. The number of aryl methyl sites for hydroxylation is 1. The van der Waals surface area contributed by atoms with E-state index in [1.54, 1.807) is 13.0 Å². The van der Waals surface area contributed by atoms with Gasteiger partial charge >= 0.3 is 5.97 Å². The number of rotatable bonds is 5. The highest BCUT2D eigenvalue weighted by Crippen LogP contribution is 2.16. The predicted octanol–water partition coefficient (Wildman–Crippen LogP) is 2.49. The Labute approximate surface area is 89.7 Å². The number of carboxylic acid groups (broad SMARTS) is 1. The zero-order valence-corrected chi connectivity index (χ0v) is 9.06. The van der Waals surface area contributed by atoms with E-state index in [1.807, 2.05) is 25.1 Å². The lowest BCUT2D eigenvalue weighted by molar-refractivity contribution is -0.145. The SMILES string of the molecule is CCc1cccc(O[C@H](CC)C(=O)O)c1. The fraction of sp³-hybridized carbons (Fsp3) is 0.417. The number of hydrogen-bond acceptors (Lipinski definition) is 2. The Hall–Kier alpha value is -1.51. The van der Waals surface area contributed by atoms with Crippen molar-refractivity contribution < 1.29 is 14.6 Å². The van der Waals surface area contributed by atoms with Crippen LogP contribution in [-0.2, 0) is 11.2 Å². The van der Waals surface area contributed by atoms with Crippen LogP contribution in [0, 0.1) is 0 Å². The lowest BCUT2D eigenvalue weighted by atomic mass is 10.1. The van der Waals surface area contributed by atoms with Gasteiger partial charge in [-0.05, 0) is 30.5 Å². The number of carboxylic acids is 1. The van der Waals surface area contributed by atoms with E-state index in [0.29, 0.717) is 12.2 Å². The molecule has 0 radical (unpaired) electrons. The van der Waals surface area contributed by atoms with Crippen LogP contribution in [0.15, 0.2) is 24.3 Å². The summed E-state index contributed by atoms with van der Waals surface area (Å²) in [5.74, 6) is -0.289. The Kier molecular flexibility index (Phi) is 4.16. The molecule has 1 atom stereocenters. The molecule has 0 aliphatic carbocycles. The molecule has 3 nitrogen and oxygen atoms in total. The molecule has 82 valence electrons. The van der Waals surface area contributed by atoms with Crippen molar-refractivity contribution in [1.82, 2.24) is 0 Å². The van der Waals surface area contributed by atoms with Gasteiger partial charge in [0.25, 0.3) is 0 Å². The fourth-order valence-electron chi connectivity index (χ4n) is 1.31. The smallest absolute Gasteiger partial charge is 0.344 e. The highest BCUT2D eigenvalue weighted by molar-refractivity contribution is 5.72. The molecule has 1 aromatic carbocycles. The fourth-order valence-corrected chi connectivity index (χ4v) is 1.31. The standard InChI is InChI=1S/C12H16O3/c1-3-9-6-5-7-10(8-9)15-11(4-2)12(13)14/h5-8,11H,3-4H2,1-2H3,(H,13,14)/t11-/m1/s1. The Morgan fingerprint density at radius 2 is 2.20 bits per heavy atom. The molecule has 0 amide bonds. The van der Waals surface area contributed by atoms with E-state index < -0.39 is 12.1 Å². The number of ether oxygens (including phenoxy) is 1. The van der Waals surface area contributed by atoms with Crippen molar-refractivity contribution in [3.8, 4) is 5.75 Å². The summed E-state index contributed by atoms with van der Waals surface area (Å²) in [6, 6.07) is 7.54. The lowest BCUT2D eigenvalue weighted by Gasteiger charge is -2.13. The van der Waals surface area contributed by atoms with Crippen molar-refractivity contribution in [1.29, 1.82) is 0 Å². The van der Waals surface area contributed by atoms with Gasteiger partial charge in [0.1, 0.15) is 5.75 Å². The minimum atomic E-state index is -0.917. The molecule has 0 saturated heterocycles. The molecule has 0 aliphatic rings. The van der Waals surface area contributed by atoms with Crippen LogP contribution in [0.25, 0.3) is 0 Å². The largest absolute Gasteiger partial charge is 0.479 e. The average molecular weight is 208 g/mol. The van der Waals surface area contributed by atoms with Crippen LogP contribution < -0.4 is 4.74 Å². The summed E-state index contributed by atoms with van der Waals surface area (Å²) in [6.07, 6.45) is 0.629. The first-order valence-corrected chi connectivity index (χ1v) is 5.15. The minimum absolute atomic E-state index is 0.464. The number of aliphatic carboxylic acids is 1. The molecular weight excluding hydrogens is 192 g/mol. The number of carbonyl (C=O) groups is 1. The molecule has 1 N–H and O–H groups in total. The first-order chi connectivity index (χ1) is 7.17. The number of benzene rings is 1. The third kappa shape index (κ3) is 3.27. The van der Waals surface area contributed by atoms with E-state index in [1.165, 1.54) is 0 Å². The molecule has 0 saturated carbocycles. The van der Waals surface area contributed by atoms with Crippen molar-refractivity contribution in [2.24, 2.45) is 0 Å². The summed E-state index contributed by atoms with van der Waals surface area (Å²) in [4.78, 5) is 10.8. The summed E-state index contributed by atoms with van der Waals surface area (Å²) in [7, 11) is 0. The zero-order chi connectivity index (χ0) is 11.3. The first kappa shape index (κ1) is 11.6. The van der Waals surface area contributed by atoms with Crippen molar-refractivity contribution >= 4 is 5.97 Å². The Morgan fingerprint density at radius 1 is 1.47 bits per heavy atom. The number of hydrogen-bond donors (Lipinski definition) is 1. The summed E-state index contributed by atoms with van der Waals surface area (Å²) in [6.45, 7) is 3.84. The topological polar surface area (TPSA) is 46.5 Å². The van der Waals surface area contributed by atoms with Gasteiger partial charge in [0.05, 0.1) is 0 Å². The molecule has 0 aliphatic heterocycles. The van der Waals surface area contributed by atoms with Crippen LogP contribution in [0.4, 0.5) is 0 Å². The van der Waals surface area contributed by atoms with Gasteiger partial charge in [-0.2, -0.15) is 0 Å². The zero-order valence-electron chi connectivity index (χ0n) is 9.06. The summed E-state index contributed by atoms with van der Waals surface area (Å²) < 4.78 is 5.37. The Morgan fingerprint density at radius 3 is 2.73 bits per heavy atom. The maximum Gasteiger partial charge on any atom is 0.344 e. The maximum absolute atomic E-state index is 10.8. The van der Waals surface area contributed by atoms with Crippen LogP contribution >= 0.6 is 0 Å². The van der Waals surface area contributed by atoms with Crippen molar-refractivity contribution in [2.45, 2.75) is 32.8 Å². The first-order valence-electron chi connectivity index (χ1n) is 5.15. The third-order valence-corrected chi connectivity index (χ3v) is 2.23. The van der Waals surface area contributed by atoms with Crippen LogP contribution in [-0.4, -0.2) is 17.2 Å². The molecule has 0 aromatic heterocycles. The van der Waals surface area contributed by atoms with Gasteiger partial charge in [0.2, 0.25) is 0 Å². The molecule has 1 aromatic rings. The summed E-state index contributed by atoms with van der Waals surface area (Å²) in [5, 5.41) is 8.84. The molecule has 15 heavy (non-hydrogen) atoms. The van der Waals surface area contributed by atoms with Gasteiger partial charge in [-0.3, -0.25) is 0 Å². The summed E-state index contributed by atoms with van der Waals surface area (Å²) in [5.41, 5.74) is 1.15. The second-order valence-corrected chi connectivity index (χ2v) is 3.35. The molecule has 0 fully saturated rings. The summed E-state index contributed by atoms with van der Waals surface area (Å²) >= 11 is 0. The van der Waals surface area contributed by atoms with Gasteiger partial charge in [0.15, 0.2) is 6.10 Å². The van der Waals surface area contributed by atoms with Crippen LogP contribution in [0.1, 0.15) is 25.8 Å². The van der Waals surface area contributed by atoms with Crippen molar-refractivity contribution in [3.05, 3.63) is 29.8 Å². The molecule has 0 spiro atoms. The monoisotopic (exact) mass is 208 g/mol. The van der Waals surface area contributed by atoms with E-state index in [2.05, 4.69) is 0 Å². The van der Waals surface area contributed by atoms with Crippen LogP contribution in [0.5, 0.6) is 5.75 Å². The van der Waals surface area contributed by atoms with E-state index in [0.717, 1.165) is 12.0 Å². The van der Waals surface area contributed by atoms with E-state index in [-0.39, 0.29) is 0 Å². The van der Waals surface area contributed by atoms with Crippen molar-refractivity contribution in [3.63, 3.8) is 0 Å². The van der Waals surface area contributed by atoms with Gasteiger partial charge in [-0.1, -0.05) is 26.0 Å². The quantitative estimate of drug-likeness (QED) is 0.808. The van der Waals surface area contributed by atoms with Gasteiger partial charge in [0, 0.05) is 0 Å². The van der Waals surface area contributed by atoms with Crippen LogP contribution in [0.2, 0.25) is 0 Å². The highest BCUT2D eigenvalue weighted by Gasteiger charge is 2.16. The Bertz CT molecular complexity index is 333. The molecule has 0 bridgehead atoms. The molecule has 3 heteroatoms.